The highest BCUT2D eigenvalue weighted by molar-refractivity contribution is 7.11. The van der Waals surface area contributed by atoms with Crippen molar-refractivity contribution in [3.8, 4) is 0 Å². The number of aromatic nitrogens is 2. The van der Waals surface area contributed by atoms with Crippen LogP contribution >= 0.6 is 22.9 Å². The van der Waals surface area contributed by atoms with Gasteiger partial charge in [-0.25, -0.2) is 4.98 Å². The molecule has 0 aliphatic heterocycles. The summed E-state index contributed by atoms with van der Waals surface area (Å²) in [5.41, 5.74) is -0.0478. The van der Waals surface area contributed by atoms with E-state index in [4.69, 9.17) is 11.6 Å². The van der Waals surface area contributed by atoms with Crippen molar-refractivity contribution in [1.29, 1.82) is 0 Å². The first-order valence-electron chi connectivity index (χ1n) is 6.52. The van der Waals surface area contributed by atoms with Crippen LogP contribution < -0.4 is 5.56 Å². The van der Waals surface area contributed by atoms with Gasteiger partial charge in [-0.05, 0) is 31.4 Å². The molecule has 0 amide bonds. The lowest BCUT2D eigenvalue weighted by atomic mass is 10.3. The Labute approximate surface area is 120 Å². The molecule has 0 saturated heterocycles. The molecule has 5 heteroatoms. The van der Waals surface area contributed by atoms with Crippen molar-refractivity contribution in [1.82, 2.24) is 9.55 Å². The van der Waals surface area contributed by atoms with E-state index < -0.39 is 0 Å². The van der Waals surface area contributed by atoms with Gasteiger partial charge in [-0.1, -0.05) is 18.5 Å². The van der Waals surface area contributed by atoms with Gasteiger partial charge in [0.05, 0.1) is 6.54 Å². The SMILES string of the molecule is CCc1ccc(Cn2c(C3CC3)nc(Cl)cc2=O)s1. The Morgan fingerprint density at radius 1 is 1.42 bits per heavy atom. The van der Waals surface area contributed by atoms with Crippen molar-refractivity contribution < 1.29 is 0 Å². The zero-order valence-corrected chi connectivity index (χ0v) is 12.3. The molecule has 0 bridgehead atoms. The lowest BCUT2D eigenvalue weighted by Crippen LogP contribution is -2.24. The normalized spacial score (nSPS) is 14.8. The predicted molar refractivity (Wildman–Crippen MR) is 78.3 cm³/mol. The molecule has 0 radical (unpaired) electrons. The Bertz CT molecular complexity index is 658. The third kappa shape index (κ3) is 2.74. The maximum Gasteiger partial charge on any atom is 0.255 e. The van der Waals surface area contributed by atoms with Crippen LogP contribution in [0.15, 0.2) is 23.0 Å². The van der Waals surface area contributed by atoms with Gasteiger partial charge in [-0.15, -0.1) is 11.3 Å². The lowest BCUT2D eigenvalue weighted by Gasteiger charge is -2.10. The van der Waals surface area contributed by atoms with E-state index in [1.807, 2.05) is 0 Å². The van der Waals surface area contributed by atoms with Crippen LogP contribution in [0.25, 0.3) is 0 Å². The summed E-state index contributed by atoms with van der Waals surface area (Å²) >= 11 is 7.66. The van der Waals surface area contributed by atoms with Crippen LogP contribution in [0.3, 0.4) is 0 Å². The molecule has 0 spiro atoms. The van der Waals surface area contributed by atoms with E-state index in [0.29, 0.717) is 17.6 Å². The number of hydrogen-bond donors (Lipinski definition) is 0. The monoisotopic (exact) mass is 294 g/mol. The maximum absolute atomic E-state index is 12.1. The predicted octanol–water partition coefficient (Wildman–Crippen LogP) is 3.45. The van der Waals surface area contributed by atoms with E-state index in [1.165, 1.54) is 15.8 Å². The van der Waals surface area contributed by atoms with Gasteiger partial charge in [0.1, 0.15) is 11.0 Å². The first kappa shape index (κ1) is 12.9. The van der Waals surface area contributed by atoms with Gasteiger partial charge in [-0.3, -0.25) is 9.36 Å². The Balaban J connectivity index is 1.97. The van der Waals surface area contributed by atoms with Crippen molar-refractivity contribution in [2.24, 2.45) is 0 Å². The van der Waals surface area contributed by atoms with Crippen LogP contribution in [0.2, 0.25) is 5.15 Å². The summed E-state index contributed by atoms with van der Waals surface area (Å²) in [6, 6.07) is 5.63. The Morgan fingerprint density at radius 2 is 2.16 bits per heavy atom. The van der Waals surface area contributed by atoms with E-state index >= 15 is 0 Å². The van der Waals surface area contributed by atoms with Gasteiger partial charge in [0.25, 0.3) is 5.56 Å². The van der Waals surface area contributed by atoms with Gasteiger partial charge >= 0.3 is 0 Å². The third-order valence-electron chi connectivity index (χ3n) is 3.33. The van der Waals surface area contributed by atoms with Crippen LogP contribution in [0.4, 0.5) is 0 Å². The van der Waals surface area contributed by atoms with Crippen LogP contribution in [-0.4, -0.2) is 9.55 Å². The molecular weight excluding hydrogens is 280 g/mol. The molecule has 3 nitrogen and oxygen atoms in total. The van der Waals surface area contributed by atoms with Crippen LogP contribution in [0.1, 0.15) is 41.3 Å². The van der Waals surface area contributed by atoms with Crippen molar-refractivity contribution in [3.05, 3.63) is 49.3 Å². The largest absolute Gasteiger partial charge is 0.291 e. The summed E-state index contributed by atoms with van der Waals surface area (Å²) in [5.74, 6) is 1.26. The molecule has 1 saturated carbocycles. The highest BCUT2D eigenvalue weighted by atomic mass is 35.5. The van der Waals surface area contributed by atoms with Gasteiger partial charge in [0, 0.05) is 21.7 Å². The minimum atomic E-state index is -0.0478. The molecule has 2 aromatic heterocycles. The quantitative estimate of drug-likeness (QED) is 0.810. The number of halogens is 1. The highest BCUT2D eigenvalue weighted by Crippen LogP contribution is 2.39. The van der Waals surface area contributed by atoms with Crippen molar-refractivity contribution in [2.45, 2.75) is 38.6 Å². The molecule has 1 aliphatic rings. The van der Waals surface area contributed by atoms with Crippen molar-refractivity contribution in [2.75, 3.05) is 0 Å². The van der Waals surface area contributed by atoms with Gasteiger partial charge in [0.15, 0.2) is 0 Å². The molecule has 1 aliphatic carbocycles. The smallest absolute Gasteiger partial charge is 0.255 e. The second kappa shape index (κ2) is 5.10. The number of aryl methyl sites for hydroxylation is 1. The average Bonchev–Trinajstić information content (AvgIpc) is 3.12. The molecule has 3 rings (SSSR count). The molecule has 0 atom stereocenters. The third-order valence-corrected chi connectivity index (χ3v) is 4.74. The first-order valence-corrected chi connectivity index (χ1v) is 7.71. The molecule has 1 fully saturated rings. The number of nitrogens with zero attached hydrogens (tertiary/aromatic N) is 2. The van der Waals surface area contributed by atoms with E-state index in [1.54, 1.807) is 15.9 Å². The molecule has 2 aromatic rings. The van der Waals surface area contributed by atoms with Gasteiger partial charge in [0.2, 0.25) is 0 Å². The standard InChI is InChI=1S/C14H15ClN2OS/c1-2-10-5-6-11(19-10)8-17-13(18)7-12(15)16-14(17)9-3-4-9/h5-7,9H,2-4,8H2,1H3. The van der Waals surface area contributed by atoms with Gasteiger partial charge < -0.3 is 0 Å². The Kier molecular flexibility index (Phi) is 3.46. The fourth-order valence-electron chi connectivity index (χ4n) is 2.16. The summed E-state index contributed by atoms with van der Waals surface area (Å²) in [4.78, 5) is 19.0. The van der Waals surface area contributed by atoms with E-state index in [9.17, 15) is 4.79 Å². The molecule has 0 N–H and O–H groups in total. The summed E-state index contributed by atoms with van der Waals surface area (Å²) in [7, 11) is 0. The maximum atomic E-state index is 12.1. The summed E-state index contributed by atoms with van der Waals surface area (Å²) < 4.78 is 1.77. The van der Waals surface area contributed by atoms with E-state index in [2.05, 4.69) is 24.0 Å². The average molecular weight is 295 g/mol. The molecule has 19 heavy (non-hydrogen) atoms. The number of hydrogen-bond acceptors (Lipinski definition) is 3. The second-order valence-electron chi connectivity index (χ2n) is 4.86. The highest BCUT2D eigenvalue weighted by Gasteiger charge is 2.29. The minimum absolute atomic E-state index is 0.0478. The van der Waals surface area contributed by atoms with Crippen molar-refractivity contribution in [3.63, 3.8) is 0 Å². The zero-order chi connectivity index (χ0) is 13.4. The first-order chi connectivity index (χ1) is 9.17. The second-order valence-corrected chi connectivity index (χ2v) is 6.50. The van der Waals surface area contributed by atoms with E-state index in [-0.39, 0.29) is 5.56 Å². The molecule has 100 valence electrons. The van der Waals surface area contributed by atoms with Crippen LogP contribution in [-0.2, 0) is 13.0 Å². The fourth-order valence-corrected chi connectivity index (χ4v) is 3.29. The fraction of sp³-hybridized carbons (Fsp3) is 0.429. The minimum Gasteiger partial charge on any atom is -0.291 e. The Morgan fingerprint density at radius 3 is 2.79 bits per heavy atom. The molecular formula is C14H15ClN2OS. The summed E-state index contributed by atoms with van der Waals surface area (Å²) in [5, 5.41) is 0.309. The zero-order valence-electron chi connectivity index (χ0n) is 10.7. The topological polar surface area (TPSA) is 34.9 Å². The Hall–Kier alpha value is -1.13. The summed E-state index contributed by atoms with van der Waals surface area (Å²) in [6.45, 7) is 2.75. The van der Waals surface area contributed by atoms with Gasteiger partial charge in [-0.2, -0.15) is 0 Å². The van der Waals surface area contributed by atoms with Crippen LogP contribution in [0, 0.1) is 0 Å². The van der Waals surface area contributed by atoms with Crippen molar-refractivity contribution >= 4 is 22.9 Å². The van der Waals surface area contributed by atoms with E-state index in [0.717, 1.165) is 25.1 Å². The molecule has 0 unspecified atom stereocenters. The lowest BCUT2D eigenvalue weighted by molar-refractivity contribution is 0.675. The van der Waals surface area contributed by atoms with Crippen LogP contribution in [0.5, 0.6) is 0 Å². The molecule has 0 aromatic carbocycles. The number of rotatable bonds is 4. The molecule has 2 heterocycles. The number of thiophene rings is 1. The summed E-state index contributed by atoms with van der Waals surface area (Å²) in [6.07, 6.45) is 3.25.